The van der Waals surface area contributed by atoms with Crippen molar-refractivity contribution in [3.63, 3.8) is 0 Å². The largest absolute Gasteiger partial charge is 0.395 e. The summed E-state index contributed by atoms with van der Waals surface area (Å²) in [5.74, 6) is -0.673. The number of carbonyl (C=O) groups excluding carboxylic acids is 2. The number of hydrogen-bond acceptors (Lipinski definition) is 7. The Bertz CT molecular complexity index is 984. The summed E-state index contributed by atoms with van der Waals surface area (Å²) in [7, 11) is 0. The van der Waals surface area contributed by atoms with E-state index in [9.17, 15) is 9.59 Å². The molecule has 2 aromatic rings. The first kappa shape index (κ1) is 19.3. The van der Waals surface area contributed by atoms with E-state index in [0.717, 1.165) is 18.0 Å². The SMILES string of the molecule is N#Cc1ccc(N2C(=O)C(c3cccs3)=C(N3CCN(CCO)CC3)C2=O)cc1. The number of amides is 2. The maximum atomic E-state index is 13.4. The molecule has 1 aromatic carbocycles. The summed E-state index contributed by atoms with van der Waals surface area (Å²) in [5.41, 5.74) is 1.80. The number of hydrogen-bond donors (Lipinski definition) is 1. The average molecular weight is 408 g/mol. The summed E-state index contributed by atoms with van der Waals surface area (Å²) >= 11 is 1.43. The van der Waals surface area contributed by atoms with Crippen molar-refractivity contribution >= 4 is 34.4 Å². The molecule has 0 spiro atoms. The molecular formula is C21H20N4O3S. The van der Waals surface area contributed by atoms with Crippen LogP contribution in [0.2, 0.25) is 0 Å². The molecule has 4 rings (SSSR count). The maximum Gasteiger partial charge on any atom is 0.282 e. The van der Waals surface area contributed by atoms with Gasteiger partial charge in [-0.25, -0.2) is 4.90 Å². The number of thiophene rings is 1. The lowest BCUT2D eigenvalue weighted by Gasteiger charge is -2.36. The molecule has 2 amide bonds. The first-order valence-electron chi connectivity index (χ1n) is 9.39. The fourth-order valence-electron chi connectivity index (χ4n) is 3.71. The molecule has 0 saturated carbocycles. The Labute approximate surface area is 172 Å². The first-order chi connectivity index (χ1) is 14.1. The molecule has 8 heteroatoms. The Hall–Kier alpha value is -2.99. The molecule has 0 unspecified atom stereocenters. The van der Waals surface area contributed by atoms with Gasteiger partial charge in [0.25, 0.3) is 11.8 Å². The van der Waals surface area contributed by atoms with Gasteiger partial charge < -0.3 is 10.0 Å². The molecule has 1 fully saturated rings. The van der Waals surface area contributed by atoms with Crippen LogP contribution in [0.1, 0.15) is 10.4 Å². The molecule has 2 aliphatic rings. The lowest BCUT2D eigenvalue weighted by atomic mass is 10.1. The number of carbonyl (C=O) groups is 2. The molecule has 0 bridgehead atoms. The van der Waals surface area contributed by atoms with Crippen LogP contribution in [0.25, 0.3) is 5.57 Å². The minimum Gasteiger partial charge on any atom is -0.395 e. The van der Waals surface area contributed by atoms with E-state index in [0.29, 0.717) is 42.2 Å². The third-order valence-corrected chi connectivity index (χ3v) is 6.07. The zero-order valence-electron chi connectivity index (χ0n) is 15.7. The Morgan fingerprint density at radius 3 is 2.34 bits per heavy atom. The minimum absolute atomic E-state index is 0.104. The molecule has 0 radical (unpaired) electrons. The maximum absolute atomic E-state index is 13.4. The van der Waals surface area contributed by atoms with Crippen LogP contribution >= 0.6 is 11.3 Å². The Kier molecular flexibility index (Phi) is 5.45. The fraction of sp³-hybridized carbons (Fsp3) is 0.286. The second-order valence-corrected chi connectivity index (χ2v) is 7.81. The summed E-state index contributed by atoms with van der Waals surface area (Å²) in [5, 5.41) is 20.0. The zero-order chi connectivity index (χ0) is 20.4. The Morgan fingerprint density at radius 1 is 1.03 bits per heavy atom. The predicted molar refractivity (Wildman–Crippen MR) is 110 cm³/mol. The van der Waals surface area contributed by atoms with Crippen LogP contribution in [0, 0.1) is 11.3 Å². The zero-order valence-corrected chi connectivity index (χ0v) is 16.6. The van der Waals surface area contributed by atoms with Crippen LogP contribution in [-0.2, 0) is 9.59 Å². The van der Waals surface area contributed by atoms with Gasteiger partial charge in [-0.2, -0.15) is 5.26 Å². The lowest BCUT2D eigenvalue weighted by Crippen LogP contribution is -2.48. The molecule has 2 aliphatic heterocycles. The highest BCUT2D eigenvalue weighted by Gasteiger charge is 2.43. The summed E-state index contributed by atoms with van der Waals surface area (Å²) < 4.78 is 0. The predicted octanol–water partition coefficient (Wildman–Crippen LogP) is 1.51. The van der Waals surface area contributed by atoms with Gasteiger partial charge in [0, 0.05) is 37.6 Å². The number of rotatable bonds is 5. The van der Waals surface area contributed by atoms with E-state index in [2.05, 4.69) is 4.90 Å². The smallest absolute Gasteiger partial charge is 0.282 e. The van der Waals surface area contributed by atoms with E-state index in [-0.39, 0.29) is 18.4 Å². The summed E-state index contributed by atoms with van der Waals surface area (Å²) in [6.07, 6.45) is 0. The van der Waals surface area contributed by atoms with E-state index >= 15 is 0 Å². The van der Waals surface area contributed by atoms with Crippen molar-refractivity contribution in [1.29, 1.82) is 5.26 Å². The number of aliphatic hydroxyl groups is 1. The van der Waals surface area contributed by atoms with Crippen LogP contribution in [0.15, 0.2) is 47.5 Å². The summed E-state index contributed by atoms with van der Waals surface area (Å²) in [4.78, 5) is 32.8. The topological polar surface area (TPSA) is 87.9 Å². The van der Waals surface area contributed by atoms with Crippen molar-refractivity contribution in [2.45, 2.75) is 0 Å². The van der Waals surface area contributed by atoms with Crippen LogP contribution in [0.3, 0.4) is 0 Å². The fourth-order valence-corrected chi connectivity index (χ4v) is 4.47. The molecule has 0 atom stereocenters. The highest BCUT2D eigenvalue weighted by atomic mass is 32.1. The molecule has 1 N–H and O–H groups in total. The van der Waals surface area contributed by atoms with Crippen LogP contribution in [-0.4, -0.2) is 66.1 Å². The van der Waals surface area contributed by atoms with Gasteiger partial charge in [-0.3, -0.25) is 14.5 Å². The van der Waals surface area contributed by atoms with Gasteiger partial charge in [0.05, 0.1) is 29.5 Å². The number of nitrogens with zero attached hydrogens (tertiary/aromatic N) is 4. The van der Waals surface area contributed by atoms with Crippen LogP contribution < -0.4 is 4.90 Å². The van der Waals surface area contributed by atoms with Crippen molar-refractivity contribution in [2.75, 3.05) is 44.2 Å². The van der Waals surface area contributed by atoms with Crippen LogP contribution in [0.4, 0.5) is 5.69 Å². The molecule has 148 valence electrons. The third-order valence-electron chi connectivity index (χ3n) is 5.19. The first-order valence-corrected chi connectivity index (χ1v) is 10.3. The molecule has 1 saturated heterocycles. The van der Waals surface area contributed by atoms with Crippen molar-refractivity contribution in [3.05, 3.63) is 57.9 Å². The van der Waals surface area contributed by atoms with E-state index < -0.39 is 0 Å². The number of anilines is 1. The number of imide groups is 1. The standard InChI is InChI=1S/C21H20N4O3S/c22-14-15-3-5-16(6-4-15)25-20(27)18(17-2-1-13-29-17)19(21(25)28)24-9-7-23(8-10-24)11-12-26/h1-6,13,26H,7-12H2. The van der Waals surface area contributed by atoms with E-state index in [1.54, 1.807) is 24.3 Å². The van der Waals surface area contributed by atoms with Gasteiger partial charge in [-0.05, 0) is 35.7 Å². The molecule has 7 nitrogen and oxygen atoms in total. The van der Waals surface area contributed by atoms with Gasteiger partial charge in [0.15, 0.2) is 0 Å². The van der Waals surface area contributed by atoms with Crippen molar-refractivity contribution in [2.24, 2.45) is 0 Å². The van der Waals surface area contributed by atoms with Gasteiger partial charge in [0.2, 0.25) is 0 Å². The highest BCUT2D eigenvalue weighted by molar-refractivity contribution is 7.11. The lowest BCUT2D eigenvalue weighted by molar-refractivity contribution is -0.120. The monoisotopic (exact) mass is 408 g/mol. The van der Waals surface area contributed by atoms with Crippen molar-refractivity contribution < 1.29 is 14.7 Å². The number of aliphatic hydroxyl groups excluding tert-OH is 1. The number of benzene rings is 1. The van der Waals surface area contributed by atoms with Gasteiger partial charge in [0.1, 0.15) is 5.70 Å². The molecule has 1 aromatic heterocycles. The summed E-state index contributed by atoms with van der Waals surface area (Å²) in [6, 6.07) is 12.2. The van der Waals surface area contributed by atoms with Crippen LogP contribution in [0.5, 0.6) is 0 Å². The van der Waals surface area contributed by atoms with E-state index in [4.69, 9.17) is 10.4 Å². The van der Waals surface area contributed by atoms with Crippen molar-refractivity contribution in [3.8, 4) is 6.07 Å². The Morgan fingerprint density at radius 2 is 1.76 bits per heavy atom. The van der Waals surface area contributed by atoms with Crippen molar-refractivity contribution in [1.82, 2.24) is 9.80 Å². The normalized spacial score (nSPS) is 17.9. The minimum atomic E-state index is -0.338. The second kappa shape index (κ2) is 8.17. The van der Waals surface area contributed by atoms with Gasteiger partial charge in [-0.15, -0.1) is 11.3 Å². The molecule has 3 heterocycles. The molecule has 29 heavy (non-hydrogen) atoms. The van der Waals surface area contributed by atoms with Gasteiger partial charge >= 0.3 is 0 Å². The van der Waals surface area contributed by atoms with E-state index in [1.807, 2.05) is 28.5 Å². The van der Waals surface area contributed by atoms with Gasteiger partial charge in [-0.1, -0.05) is 6.07 Å². The average Bonchev–Trinajstić information content (AvgIpc) is 3.35. The third kappa shape index (κ3) is 3.56. The molecule has 0 aliphatic carbocycles. The molecular weight excluding hydrogens is 388 g/mol. The number of piperazine rings is 1. The highest BCUT2D eigenvalue weighted by Crippen LogP contribution is 2.36. The quantitative estimate of drug-likeness (QED) is 0.755. The Balaban J connectivity index is 1.69. The van der Waals surface area contributed by atoms with E-state index in [1.165, 1.54) is 16.2 Å². The second-order valence-electron chi connectivity index (χ2n) is 6.86. The summed E-state index contributed by atoms with van der Waals surface area (Å²) in [6.45, 7) is 3.39. The number of β-amino-alcohol motifs (C(OH)–C–C–N with tert-alkyl or cyclic N) is 1. The number of nitriles is 1.